The van der Waals surface area contributed by atoms with Crippen molar-refractivity contribution in [2.24, 2.45) is 5.41 Å². The van der Waals surface area contributed by atoms with E-state index in [1.807, 2.05) is 52.0 Å². The summed E-state index contributed by atoms with van der Waals surface area (Å²) < 4.78 is 0. The fraction of sp³-hybridized carbons (Fsp3) is 0.529. The Balaban J connectivity index is 2.14. The van der Waals surface area contributed by atoms with E-state index >= 15 is 0 Å². The van der Waals surface area contributed by atoms with Gasteiger partial charge >= 0.3 is 12.0 Å². The molecule has 0 aliphatic carbocycles. The van der Waals surface area contributed by atoms with Crippen LogP contribution in [-0.2, 0) is 11.3 Å². The molecule has 1 aromatic carbocycles. The smallest absolute Gasteiger partial charge is 0.327 e. The zero-order valence-corrected chi connectivity index (χ0v) is 13.7. The Morgan fingerprint density at radius 2 is 2.00 bits per heavy atom. The van der Waals surface area contributed by atoms with E-state index in [2.05, 4.69) is 0 Å². The molecule has 0 radical (unpaired) electrons. The summed E-state index contributed by atoms with van der Waals surface area (Å²) in [6, 6.07) is 7.03. The number of nitrogens with zero attached hydrogens (tertiary/aromatic N) is 2. The topological polar surface area (TPSA) is 60.9 Å². The molecule has 5 heteroatoms. The first kappa shape index (κ1) is 16.3. The largest absolute Gasteiger partial charge is 0.480 e. The molecule has 1 fully saturated rings. The van der Waals surface area contributed by atoms with Crippen LogP contribution in [0.2, 0.25) is 0 Å². The molecular formula is C17H24N2O3. The van der Waals surface area contributed by atoms with Crippen LogP contribution in [-0.4, -0.2) is 46.0 Å². The molecule has 0 saturated carbocycles. The van der Waals surface area contributed by atoms with Gasteiger partial charge in [-0.15, -0.1) is 0 Å². The summed E-state index contributed by atoms with van der Waals surface area (Å²) in [6.07, 6.45) is 0. The van der Waals surface area contributed by atoms with Gasteiger partial charge in [-0.2, -0.15) is 0 Å². The Kier molecular flexibility index (Phi) is 4.44. The van der Waals surface area contributed by atoms with Crippen molar-refractivity contribution in [1.29, 1.82) is 0 Å². The highest BCUT2D eigenvalue weighted by atomic mass is 16.4. The highest BCUT2D eigenvalue weighted by Crippen LogP contribution is 2.28. The number of hydrogen-bond donors (Lipinski definition) is 1. The highest BCUT2D eigenvalue weighted by molar-refractivity contribution is 5.84. The molecule has 1 heterocycles. The van der Waals surface area contributed by atoms with Crippen LogP contribution in [0.15, 0.2) is 24.3 Å². The molecule has 1 aromatic rings. The van der Waals surface area contributed by atoms with Crippen LogP contribution >= 0.6 is 0 Å². The molecule has 0 unspecified atom stereocenters. The summed E-state index contributed by atoms with van der Waals surface area (Å²) in [5, 5.41) is 9.49. The molecule has 1 atom stereocenters. The number of aliphatic carboxylic acids is 1. The average Bonchev–Trinajstić information content (AvgIpc) is 2.70. The lowest BCUT2D eigenvalue weighted by Crippen LogP contribution is -2.50. The van der Waals surface area contributed by atoms with Crippen molar-refractivity contribution in [1.82, 2.24) is 9.80 Å². The molecule has 2 amide bonds. The summed E-state index contributed by atoms with van der Waals surface area (Å²) in [6.45, 7) is 9.10. The van der Waals surface area contributed by atoms with Crippen LogP contribution in [0, 0.1) is 12.3 Å². The van der Waals surface area contributed by atoms with Gasteiger partial charge in [0.2, 0.25) is 0 Å². The Morgan fingerprint density at radius 3 is 2.55 bits per heavy atom. The fourth-order valence-corrected chi connectivity index (χ4v) is 2.99. The minimum Gasteiger partial charge on any atom is -0.480 e. The highest BCUT2D eigenvalue weighted by Gasteiger charge is 2.43. The average molecular weight is 304 g/mol. The molecule has 22 heavy (non-hydrogen) atoms. The third-order valence-electron chi connectivity index (χ3n) is 3.95. The van der Waals surface area contributed by atoms with Gasteiger partial charge in [-0.25, -0.2) is 9.59 Å². The molecule has 1 aliphatic rings. The van der Waals surface area contributed by atoms with E-state index in [1.165, 1.54) is 4.90 Å². The lowest BCUT2D eigenvalue weighted by atomic mass is 9.86. The first-order valence-corrected chi connectivity index (χ1v) is 7.54. The first-order chi connectivity index (χ1) is 10.2. The lowest BCUT2D eigenvalue weighted by molar-refractivity contribution is -0.145. The van der Waals surface area contributed by atoms with Gasteiger partial charge in [-0.05, 0) is 17.9 Å². The number of amides is 2. The number of carbonyl (C=O) groups excluding carboxylic acids is 1. The molecule has 5 nitrogen and oxygen atoms in total. The zero-order chi connectivity index (χ0) is 16.5. The predicted octanol–water partition coefficient (Wildman–Crippen LogP) is 2.73. The van der Waals surface area contributed by atoms with Crippen LogP contribution in [0.4, 0.5) is 4.79 Å². The number of carboxylic acids is 1. The number of hydrogen-bond acceptors (Lipinski definition) is 2. The standard InChI is InChI=1S/C17H24N2O3/c1-12-6-5-7-13(10-12)11-18-8-9-19(16(18)22)14(15(20)21)17(2,3)4/h5-7,10,14H,8-9,11H2,1-4H3,(H,20,21)/t14-/m1/s1. The summed E-state index contributed by atoms with van der Waals surface area (Å²) in [5.41, 5.74) is 1.72. The van der Waals surface area contributed by atoms with Crippen molar-refractivity contribution < 1.29 is 14.7 Å². The van der Waals surface area contributed by atoms with Gasteiger partial charge in [-0.3, -0.25) is 0 Å². The quantitative estimate of drug-likeness (QED) is 0.930. The molecular weight excluding hydrogens is 280 g/mol. The molecule has 2 rings (SSSR count). The van der Waals surface area contributed by atoms with Gasteiger partial charge in [0.1, 0.15) is 6.04 Å². The Morgan fingerprint density at radius 1 is 1.32 bits per heavy atom. The van der Waals surface area contributed by atoms with E-state index in [0.717, 1.165) is 11.1 Å². The maximum absolute atomic E-state index is 12.6. The summed E-state index contributed by atoms with van der Waals surface area (Å²) in [7, 11) is 0. The molecule has 1 N–H and O–H groups in total. The van der Waals surface area contributed by atoms with Gasteiger partial charge in [0.15, 0.2) is 0 Å². The van der Waals surface area contributed by atoms with Gasteiger partial charge in [0, 0.05) is 19.6 Å². The minimum absolute atomic E-state index is 0.191. The van der Waals surface area contributed by atoms with Gasteiger partial charge in [0.05, 0.1) is 0 Å². The molecule has 0 aromatic heterocycles. The number of rotatable bonds is 4. The van der Waals surface area contributed by atoms with Crippen molar-refractivity contribution in [3.8, 4) is 0 Å². The van der Waals surface area contributed by atoms with Crippen molar-refractivity contribution >= 4 is 12.0 Å². The summed E-state index contributed by atoms with van der Waals surface area (Å²) in [4.78, 5) is 27.4. The van der Waals surface area contributed by atoms with Crippen LogP contribution in [0.3, 0.4) is 0 Å². The SMILES string of the molecule is Cc1cccc(CN2CCN([C@H](C(=O)O)C(C)(C)C)C2=O)c1. The molecule has 0 spiro atoms. The van der Waals surface area contributed by atoms with Crippen molar-refractivity contribution in [3.63, 3.8) is 0 Å². The zero-order valence-electron chi connectivity index (χ0n) is 13.7. The van der Waals surface area contributed by atoms with Crippen molar-refractivity contribution in [3.05, 3.63) is 35.4 Å². The second-order valence-electron chi connectivity index (χ2n) is 6.99. The Hall–Kier alpha value is -2.04. The van der Waals surface area contributed by atoms with Crippen molar-refractivity contribution in [2.75, 3.05) is 13.1 Å². The number of benzene rings is 1. The summed E-state index contributed by atoms with van der Waals surface area (Å²) >= 11 is 0. The lowest BCUT2D eigenvalue weighted by Gasteiger charge is -2.34. The molecule has 0 bridgehead atoms. The number of carbonyl (C=O) groups is 2. The van der Waals surface area contributed by atoms with E-state index in [9.17, 15) is 14.7 Å². The predicted molar refractivity (Wildman–Crippen MR) is 84.6 cm³/mol. The maximum Gasteiger partial charge on any atom is 0.327 e. The minimum atomic E-state index is -0.946. The first-order valence-electron chi connectivity index (χ1n) is 7.54. The van der Waals surface area contributed by atoms with Crippen LogP contribution in [0.5, 0.6) is 0 Å². The van der Waals surface area contributed by atoms with Crippen LogP contribution in [0.25, 0.3) is 0 Å². The van der Waals surface area contributed by atoms with Crippen LogP contribution < -0.4 is 0 Å². The second-order valence-corrected chi connectivity index (χ2v) is 6.99. The van der Waals surface area contributed by atoms with Gasteiger partial charge in [0.25, 0.3) is 0 Å². The Bertz CT molecular complexity index is 578. The second kappa shape index (κ2) is 5.99. The molecule has 1 aliphatic heterocycles. The number of carboxylic acid groups (broad SMARTS) is 1. The van der Waals surface area contributed by atoms with E-state index < -0.39 is 17.4 Å². The van der Waals surface area contributed by atoms with E-state index in [0.29, 0.717) is 19.6 Å². The third kappa shape index (κ3) is 3.40. The normalized spacial score (nSPS) is 17.0. The number of urea groups is 1. The van der Waals surface area contributed by atoms with E-state index in [4.69, 9.17) is 0 Å². The third-order valence-corrected chi connectivity index (χ3v) is 3.95. The molecule has 120 valence electrons. The Labute approximate surface area is 131 Å². The van der Waals surface area contributed by atoms with E-state index in [-0.39, 0.29) is 6.03 Å². The van der Waals surface area contributed by atoms with Crippen LogP contribution in [0.1, 0.15) is 31.9 Å². The van der Waals surface area contributed by atoms with Gasteiger partial charge in [-0.1, -0.05) is 50.6 Å². The molecule has 1 saturated heterocycles. The van der Waals surface area contributed by atoms with Crippen molar-refractivity contribution in [2.45, 2.75) is 40.3 Å². The van der Waals surface area contributed by atoms with Gasteiger partial charge < -0.3 is 14.9 Å². The summed E-state index contributed by atoms with van der Waals surface area (Å²) in [5.74, 6) is -0.946. The van der Waals surface area contributed by atoms with E-state index in [1.54, 1.807) is 4.90 Å². The maximum atomic E-state index is 12.6. The monoisotopic (exact) mass is 304 g/mol. The fourth-order valence-electron chi connectivity index (χ4n) is 2.99. The number of aryl methyl sites for hydroxylation is 1.